The second-order valence-corrected chi connectivity index (χ2v) is 24.6. The average molecular weight is 1030 g/mol. The second-order valence-electron chi connectivity index (χ2n) is 23.2. The Bertz CT molecular complexity index is 1160. The summed E-state index contributed by atoms with van der Waals surface area (Å²) in [6.45, 7) is 4.88. The molecule has 0 aliphatic rings. The molecule has 0 fully saturated rings. The predicted molar refractivity (Wildman–Crippen MR) is 309 cm³/mol. The van der Waals surface area contributed by atoms with Crippen molar-refractivity contribution in [1.82, 2.24) is 5.32 Å². The van der Waals surface area contributed by atoms with Crippen molar-refractivity contribution in [3.63, 3.8) is 0 Å². The number of amides is 1. The number of hydrogen-bond acceptors (Lipinski definition) is 5. The molecule has 9 heteroatoms. The van der Waals surface area contributed by atoms with Gasteiger partial charge in [-0.3, -0.25) is 13.8 Å². The Morgan fingerprint density at radius 1 is 0.465 bits per heavy atom. The first-order chi connectivity index (χ1) is 34.5. The van der Waals surface area contributed by atoms with Crippen LogP contribution in [0.15, 0.2) is 12.2 Å². The summed E-state index contributed by atoms with van der Waals surface area (Å²) in [6.07, 6.45) is 67.6. The van der Waals surface area contributed by atoms with E-state index in [1.54, 1.807) is 6.08 Å². The molecule has 0 aliphatic carbocycles. The Balaban J connectivity index is 4.11. The fraction of sp³-hybridized carbons (Fsp3) is 0.952. The van der Waals surface area contributed by atoms with Gasteiger partial charge in [0.25, 0.3) is 0 Å². The van der Waals surface area contributed by atoms with E-state index >= 15 is 0 Å². The summed E-state index contributed by atoms with van der Waals surface area (Å²) in [4.78, 5) is 23.4. The molecule has 3 N–H and O–H groups in total. The number of aliphatic hydroxyl groups excluding tert-OH is 1. The highest BCUT2D eigenvalue weighted by atomic mass is 31.2. The molecule has 0 aromatic heterocycles. The van der Waals surface area contributed by atoms with E-state index in [-0.39, 0.29) is 19.1 Å². The van der Waals surface area contributed by atoms with Crippen LogP contribution in [0.25, 0.3) is 0 Å². The van der Waals surface area contributed by atoms with E-state index in [9.17, 15) is 19.4 Å². The second kappa shape index (κ2) is 54.0. The molecule has 0 bridgehead atoms. The molecule has 1 amide bonds. The van der Waals surface area contributed by atoms with Crippen molar-refractivity contribution < 1.29 is 32.9 Å². The summed E-state index contributed by atoms with van der Waals surface area (Å²) in [5, 5.41) is 14.0. The maximum atomic E-state index is 13.0. The number of likely N-dealkylation sites (N-methyl/N-ethyl adjacent to an activating group) is 1. The molecule has 0 radical (unpaired) electrons. The Morgan fingerprint density at radius 2 is 0.746 bits per heavy atom. The van der Waals surface area contributed by atoms with Crippen LogP contribution in [0.4, 0.5) is 0 Å². The highest BCUT2D eigenvalue weighted by Gasteiger charge is 2.28. The smallest absolute Gasteiger partial charge is 0.387 e. The number of hydrogen-bond donors (Lipinski definition) is 3. The normalized spacial score (nSPS) is 13.8. The molecule has 0 heterocycles. The third kappa shape index (κ3) is 56.8. The van der Waals surface area contributed by atoms with E-state index in [1.807, 2.05) is 27.2 Å². The first kappa shape index (κ1) is 70.2. The Hall–Kier alpha value is -0.760. The van der Waals surface area contributed by atoms with Gasteiger partial charge in [0.05, 0.1) is 39.9 Å². The average Bonchev–Trinajstić information content (AvgIpc) is 3.33. The molecule has 0 aliphatic heterocycles. The van der Waals surface area contributed by atoms with Crippen molar-refractivity contribution in [3.05, 3.63) is 12.2 Å². The fourth-order valence-electron chi connectivity index (χ4n) is 9.81. The fourth-order valence-corrected chi connectivity index (χ4v) is 10.5. The molecule has 0 rings (SSSR count). The first-order valence-electron chi connectivity index (χ1n) is 31.6. The predicted octanol–water partition coefficient (Wildman–Crippen LogP) is 19.4. The van der Waals surface area contributed by atoms with E-state index in [4.69, 9.17) is 9.05 Å². The minimum atomic E-state index is -4.35. The van der Waals surface area contributed by atoms with Crippen molar-refractivity contribution in [2.45, 2.75) is 341 Å². The van der Waals surface area contributed by atoms with Gasteiger partial charge in [-0.05, 0) is 19.3 Å². The lowest BCUT2D eigenvalue weighted by atomic mass is 10.0. The molecule has 0 saturated heterocycles. The maximum Gasteiger partial charge on any atom is 0.472 e. The lowest BCUT2D eigenvalue weighted by Crippen LogP contribution is -2.45. The number of carbonyl (C=O) groups excluding carboxylic acids is 1. The number of carbonyl (C=O) groups is 1. The van der Waals surface area contributed by atoms with Gasteiger partial charge in [0.15, 0.2) is 0 Å². The Morgan fingerprint density at radius 3 is 1.04 bits per heavy atom. The number of phosphoric acid groups is 1. The molecule has 3 unspecified atom stereocenters. The van der Waals surface area contributed by atoms with Gasteiger partial charge in [0.2, 0.25) is 5.91 Å². The van der Waals surface area contributed by atoms with E-state index in [0.717, 1.165) is 32.1 Å². The standard InChI is InChI=1S/C62H125N2O6P/c1-6-8-10-12-14-16-18-20-22-24-26-28-30-31-32-34-36-38-40-42-44-46-48-50-52-54-56-62(66)63-60(59-70-71(67,68)69-58-57-64(3,4)5)61(65)55-53-51-49-47-45-43-41-39-37-35-33-29-27-25-23-21-19-17-15-13-11-9-7-2/h53,55,60-61,65H,6-52,54,56-59H2,1-5H3,(H-,63,66,67,68)/p+1/b55-53+. The molecule has 0 aromatic rings. The summed E-state index contributed by atoms with van der Waals surface area (Å²) in [5.74, 6) is -0.168. The summed E-state index contributed by atoms with van der Waals surface area (Å²) in [7, 11) is 1.59. The summed E-state index contributed by atoms with van der Waals surface area (Å²) in [5.41, 5.74) is 0. The summed E-state index contributed by atoms with van der Waals surface area (Å²) < 4.78 is 23.8. The van der Waals surface area contributed by atoms with Crippen LogP contribution < -0.4 is 5.32 Å². The molecular weight excluding hydrogens is 900 g/mol. The lowest BCUT2D eigenvalue weighted by molar-refractivity contribution is -0.870. The molecule has 0 aromatic carbocycles. The maximum absolute atomic E-state index is 13.0. The van der Waals surface area contributed by atoms with E-state index < -0.39 is 20.0 Å². The van der Waals surface area contributed by atoms with Crippen LogP contribution in [0.2, 0.25) is 0 Å². The highest BCUT2D eigenvalue weighted by molar-refractivity contribution is 7.47. The van der Waals surface area contributed by atoms with Crippen molar-refractivity contribution in [3.8, 4) is 0 Å². The van der Waals surface area contributed by atoms with Gasteiger partial charge in [0, 0.05) is 6.42 Å². The molecule has 0 saturated carbocycles. The largest absolute Gasteiger partial charge is 0.472 e. The quantitative estimate of drug-likeness (QED) is 0.0243. The van der Waals surface area contributed by atoms with Crippen LogP contribution in [-0.2, 0) is 18.4 Å². The van der Waals surface area contributed by atoms with Gasteiger partial charge in [-0.2, -0.15) is 0 Å². The van der Waals surface area contributed by atoms with Gasteiger partial charge in [-0.25, -0.2) is 4.57 Å². The van der Waals surface area contributed by atoms with Crippen molar-refractivity contribution >= 4 is 13.7 Å². The topological polar surface area (TPSA) is 105 Å². The van der Waals surface area contributed by atoms with Gasteiger partial charge in [-0.15, -0.1) is 0 Å². The molecular formula is C62H126N2O6P+. The molecule has 3 atom stereocenters. The number of phosphoric ester groups is 1. The van der Waals surface area contributed by atoms with Crippen LogP contribution in [0.1, 0.15) is 328 Å². The molecule has 424 valence electrons. The number of unbranched alkanes of at least 4 members (excludes halogenated alkanes) is 46. The Labute approximate surface area is 443 Å². The SMILES string of the molecule is CCCCCCCCCCCCCCCCCCCCCCC/C=C/C(O)C(COP(=O)(O)OCC[N+](C)(C)C)NC(=O)CCCCCCCCCCCCCCCCCCCCCCCCCCCC. The zero-order valence-corrected chi connectivity index (χ0v) is 49.4. The number of aliphatic hydroxyl groups is 1. The molecule has 71 heavy (non-hydrogen) atoms. The van der Waals surface area contributed by atoms with Crippen molar-refractivity contribution in [2.24, 2.45) is 0 Å². The Kier molecular flexibility index (Phi) is 53.5. The molecule has 0 spiro atoms. The minimum Gasteiger partial charge on any atom is -0.387 e. The highest BCUT2D eigenvalue weighted by Crippen LogP contribution is 2.43. The van der Waals surface area contributed by atoms with Crippen molar-refractivity contribution in [1.29, 1.82) is 0 Å². The zero-order valence-electron chi connectivity index (χ0n) is 48.5. The zero-order chi connectivity index (χ0) is 52.0. The van der Waals surface area contributed by atoms with Crippen LogP contribution in [0, 0.1) is 0 Å². The van der Waals surface area contributed by atoms with Crippen molar-refractivity contribution in [2.75, 3.05) is 40.9 Å². The van der Waals surface area contributed by atoms with E-state index in [2.05, 4.69) is 19.2 Å². The van der Waals surface area contributed by atoms with Gasteiger partial charge < -0.3 is 19.8 Å². The van der Waals surface area contributed by atoms with Crippen LogP contribution >= 0.6 is 7.82 Å². The number of quaternary nitrogens is 1. The third-order valence-electron chi connectivity index (χ3n) is 14.8. The third-order valence-corrected chi connectivity index (χ3v) is 15.7. The van der Waals surface area contributed by atoms with Gasteiger partial charge in [0.1, 0.15) is 13.2 Å². The van der Waals surface area contributed by atoms with Gasteiger partial charge >= 0.3 is 7.82 Å². The van der Waals surface area contributed by atoms with Crippen LogP contribution in [-0.4, -0.2) is 73.4 Å². The number of nitrogens with one attached hydrogen (secondary N) is 1. The lowest BCUT2D eigenvalue weighted by Gasteiger charge is -2.25. The monoisotopic (exact) mass is 1030 g/mol. The van der Waals surface area contributed by atoms with E-state index in [1.165, 1.54) is 276 Å². The molecule has 8 nitrogen and oxygen atoms in total. The van der Waals surface area contributed by atoms with Crippen LogP contribution in [0.3, 0.4) is 0 Å². The van der Waals surface area contributed by atoms with E-state index in [0.29, 0.717) is 17.4 Å². The minimum absolute atomic E-state index is 0.0654. The number of nitrogens with zero attached hydrogens (tertiary/aromatic N) is 1. The van der Waals surface area contributed by atoms with Crippen LogP contribution in [0.5, 0.6) is 0 Å². The first-order valence-corrected chi connectivity index (χ1v) is 33.1. The number of rotatable bonds is 59. The summed E-state index contributed by atoms with van der Waals surface area (Å²) in [6, 6.07) is -0.843. The summed E-state index contributed by atoms with van der Waals surface area (Å²) >= 11 is 0. The van der Waals surface area contributed by atoms with Gasteiger partial charge in [-0.1, -0.05) is 315 Å². The number of allylic oxidation sites excluding steroid dienone is 1.